The third-order valence-corrected chi connectivity index (χ3v) is 1.29. The number of ether oxygens (including phenoxy) is 1. The SMILES string of the molecule is COCCONCc1ncc[nH]1. The fraction of sp³-hybridized carbons (Fsp3) is 0.571. The van der Waals surface area contributed by atoms with Crippen molar-refractivity contribution in [2.75, 3.05) is 20.3 Å². The molecular formula is C7H13N3O2. The number of nitrogens with zero attached hydrogens (tertiary/aromatic N) is 1. The molecule has 0 spiro atoms. The lowest BCUT2D eigenvalue weighted by Gasteiger charge is -2.02. The molecule has 0 saturated carbocycles. The van der Waals surface area contributed by atoms with Gasteiger partial charge in [0, 0.05) is 19.5 Å². The number of nitrogens with one attached hydrogen (secondary N) is 2. The Kier molecular flexibility index (Phi) is 4.36. The first-order valence-corrected chi connectivity index (χ1v) is 3.75. The van der Waals surface area contributed by atoms with Gasteiger partial charge in [-0.1, -0.05) is 0 Å². The number of hydrogen-bond donors (Lipinski definition) is 2. The van der Waals surface area contributed by atoms with Crippen LogP contribution in [0.3, 0.4) is 0 Å². The highest BCUT2D eigenvalue weighted by atomic mass is 16.7. The second-order valence-corrected chi connectivity index (χ2v) is 2.20. The van der Waals surface area contributed by atoms with Crippen molar-refractivity contribution in [3.05, 3.63) is 18.2 Å². The highest BCUT2D eigenvalue weighted by Crippen LogP contribution is 1.85. The van der Waals surface area contributed by atoms with Gasteiger partial charge >= 0.3 is 0 Å². The molecule has 0 bridgehead atoms. The van der Waals surface area contributed by atoms with E-state index >= 15 is 0 Å². The Morgan fingerprint density at radius 2 is 2.50 bits per heavy atom. The van der Waals surface area contributed by atoms with Crippen LogP contribution in [0.1, 0.15) is 5.82 Å². The average Bonchev–Trinajstić information content (AvgIpc) is 2.57. The van der Waals surface area contributed by atoms with Crippen LogP contribution in [0.5, 0.6) is 0 Å². The van der Waals surface area contributed by atoms with Crippen LogP contribution in [0.25, 0.3) is 0 Å². The van der Waals surface area contributed by atoms with E-state index in [9.17, 15) is 0 Å². The Morgan fingerprint density at radius 1 is 1.58 bits per heavy atom. The highest BCUT2D eigenvalue weighted by molar-refractivity contribution is 4.84. The van der Waals surface area contributed by atoms with Crippen LogP contribution in [0.4, 0.5) is 0 Å². The maximum Gasteiger partial charge on any atom is 0.122 e. The summed E-state index contributed by atoms with van der Waals surface area (Å²) < 4.78 is 4.79. The molecule has 0 radical (unpaired) electrons. The third-order valence-electron chi connectivity index (χ3n) is 1.29. The summed E-state index contributed by atoms with van der Waals surface area (Å²) in [5.74, 6) is 0.854. The molecule has 0 aromatic carbocycles. The van der Waals surface area contributed by atoms with E-state index in [-0.39, 0.29) is 0 Å². The van der Waals surface area contributed by atoms with Crippen molar-refractivity contribution in [3.8, 4) is 0 Å². The van der Waals surface area contributed by atoms with Crippen LogP contribution in [0.15, 0.2) is 12.4 Å². The molecule has 1 heterocycles. The van der Waals surface area contributed by atoms with Gasteiger partial charge in [0.15, 0.2) is 0 Å². The summed E-state index contributed by atoms with van der Waals surface area (Å²) in [6.07, 6.45) is 3.47. The molecular weight excluding hydrogens is 158 g/mol. The van der Waals surface area contributed by atoms with Gasteiger partial charge in [-0.2, -0.15) is 5.48 Å². The van der Waals surface area contributed by atoms with Crippen molar-refractivity contribution < 1.29 is 9.57 Å². The average molecular weight is 171 g/mol. The van der Waals surface area contributed by atoms with E-state index in [4.69, 9.17) is 9.57 Å². The zero-order valence-electron chi connectivity index (χ0n) is 7.04. The van der Waals surface area contributed by atoms with Gasteiger partial charge in [0.25, 0.3) is 0 Å². The first-order chi connectivity index (χ1) is 5.93. The van der Waals surface area contributed by atoms with Crippen LogP contribution >= 0.6 is 0 Å². The summed E-state index contributed by atoms with van der Waals surface area (Å²) >= 11 is 0. The van der Waals surface area contributed by atoms with Gasteiger partial charge in [-0.15, -0.1) is 0 Å². The molecule has 0 atom stereocenters. The molecule has 5 nitrogen and oxygen atoms in total. The van der Waals surface area contributed by atoms with Gasteiger partial charge in [-0.05, 0) is 0 Å². The Labute approximate surface area is 71.1 Å². The zero-order valence-corrected chi connectivity index (χ0v) is 7.04. The maximum absolute atomic E-state index is 5.01. The number of aromatic nitrogens is 2. The van der Waals surface area contributed by atoms with E-state index in [0.717, 1.165) is 5.82 Å². The summed E-state index contributed by atoms with van der Waals surface area (Å²) in [5.41, 5.74) is 2.75. The largest absolute Gasteiger partial charge is 0.382 e. The molecule has 0 fully saturated rings. The molecule has 12 heavy (non-hydrogen) atoms. The quantitative estimate of drug-likeness (QED) is 0.470. The minimum atomic E-state index is 0.539. The number of methoxy groups -OCH3 is 1. The van der Waals surface area contributed by atoms with Gasteiger partial charge in [0.2, 0.25) is 0 Å². The molecule has 0 aliphatic carbocycles. The molecule has 1 aromatic heterocycles. The van der Waals surface area contributed by atoms with Gasteiger partial charge in [-0.25, -0.2) is 4.98 Å². The first kappa shape index (κ1) is 9.18. The summed E-state index contributed by atoms with van der Waals surface area (Å²) in [5, 5.41) is 0. The second kappa shape index (κ2) is 5.70. The van der Waals surface area contributed by atoms with E-state index < -0.39 is 0 Å². The van der Waals surface area contributed by atoms with E-state index in [1.165, 1.54) is 0 Å². The summed E-state index contributed by atoms with van der Waals surface area (Å²) in [4.78, 5) is 12.0. The van der Waals surface area contributed by atoms with E-state index in [1.54, 1.807) is 19.5 Å². The predicted molar refractivity (Wildman–Crippen MR) is 43.3 cm³/mol. The number of hydroxylamine groups is 1. The van der Waals surface area contributed by atoms with Gasteiger partial charge in [0.1, 0.15) is 5.82 Å². The van der Waals surface area contributed by atoms with Crippen molar-refractivity contribution in [1.29, 1.82) is 0 Å². The van der Waals surface area contributed by atoms with E-state index in [1.807, 2.05) is 0 Å². The zero-order chi connectivity index (χ0) is 8.65. The van der Waals surface area contributed by atoms with Gasteiger partial charge < -0.3 is 9.72 Å². The fourth-order valence-corrected chi connectivity index (χ4v) is 0.711. The minimum Gasteiger partial charge on any atom is -0.382 e. The molecule has 0 unspecified atom stereocenters. The van der Waals surface area contributed by atoms with Crippen molar-refractivity contribution >= 4 is 0 Å². The van der Waals surface area contributed by atoms with Crippen molar-refractivity contribution in [2.45, 2.75) is 6.54 Å². The highest BCUT2D eigenvalue weighted by Gasteiger charge is 1.92. The Balaban J connectivity index is 1.96. The Hall–Kier alpha value is -0.910. The number of H-pyrrole nitrogens is 1. The predicted octanol–water partition coefficient (Wildman–Crippen LogP) is 0.0773. The van der Waals surface area contributed by atoms with Crippen LogP contribution < -0.4 is 5.48 Å². The molecule has 0 saturated heterocycles. The first-order valence-electron chi connectivity index (χ1n) is 3.75. The number of rotatable bonds is 6. The van der Waals surface area contributed by atoms with Gasteiger partial charge in [-0.3, -0.25) is 4.84 Å². The summed E-state index contributed by atoms with van der Waals surface area (Å²) in [6, 6.07) is 0. The van der Waals surface area contributed by atoms with Crippen LogP contribution in [-0.4, -0.2) is 30.3 Å². The van der Waals surface area contributed by atoms with Crippen LogP contribution in [0.2, 0.25) is 0 Å². The van der Waals surface area contributed by atoms with E-state index in [0.29, 0.717) is 19.8 Å². The molecule has 0 aliphatic heterocycles. The summed E-state index contributed by atoms with van der Waals surface area (Å²) in [6.45, 7) is 1.71. The smallest absolute Gasteiger partial charge is 0.122 e. The topological polar surface area (TPSA) is 59.2 Å². The maximum atomic E-state index is 5.01. The lowest BCUT2D eigenvalue weighted by molar-refractivity contribution is 0.00256. The van der Waals surface area contributed by atoms with Crippen LogP contribution in [-0.2, 0) is 16.1 Å². The number of imidazole rings is 1. The second-order valence-electron chi connectivity index (χ2n) is 2.20. The molecule has 68 valence electrons. The lowest BCUT2D eigenvalue weighted by atomic mass is 10.6. The standard InChI is InChI=1S/C7H13N3O2/c1-11-4-5-12-10-6-7-8-2-3-9-7/h2-3,10H,4-6H2,1H3,(H,8,9). The molecule has 5 heteroatoms. The Morgan fingerprint density at radius 3 is 3.17 bits per heavy atom. The van der Waals surface area contributed by atoms with Gasteiger partial charge in [0.05, 0.1) is 19.8 Å². The Bertz CT molecular complexity index is 189. The molecule has 0 aliphatic rings. The minimum absolute atomic E-state index is 0.539. The number of hydrogen-bond acceptors (Lipinski definition) is 4. The molecule has 0 amide bonds. The fourth-order valence-electron chi connectivity index (χ4n) is 0.711. The van der Waals surface area contributed by atoms with E-state index in [2.05, 4.69) is 15.4 Å². The van der Waals surface area contributed by atoms with Crippen molar-refractivity contribution in [2.24, 2.45) is 0 Å². The van der Waals surface area contributed by atoms with Crippen molar-refractivity contribution in [1.82, 2.24) is 15.4 Å². The van der Waals surface area contributed by atoms with Crippen LogP contribution in [0, 0.1) is 0 Å². The lowest BCUT2D eigenvalue weighted by Crippen LogP contribution is -2.17. The normalized spacial score (nSPS) is 10.4. The third kappa shape index (κ3) is 3.47. The summed E-state index contributed by atoms with van der Waals surface area (Å²) in [7, 11) is 1.63. The molecule has 1 rings (SSSR count). The monoisotopic (exact) mass is 171 g/mol. The van der Waals surface area contributed by atoms with Crippen molar-refractivity contribution in [3.63, 3.8) is 0 Å². The number of aromatic amines is 1. The molecule has 2 N–H and O–H groups in total. The molecule has 1 aromatic rings.